The minimum atomic E-state index is -3.84. The smallest absolute Gasteiger partial charge is 0.295 e. The largest absolute Gasteiger partial charge is 0.375 e. The fourth-order valence-corrected chi connectivity index (χ4v) is 4.06. The molecule has 2 N–H and O–H groups in total. The van der Waals surface area contributed by atoms with Crippen molar-refractivity contribution in [3.05, 3.63) is 70.4 Å². The van der Waals surface area contributed by atoms with Gasteiger partial charge in [-0.05, 0) is 31.2 Å². The monoisotopic (exact) mass is 432 g/mol. The molecule has 0 atom stereocenters. The third kappa shape index (κ3) is 4.13. The van der Waals surface area contributed by atoms with Gasteiger partial charge in [-0.3, -0.25) is 14.3 Å². The summed E-state index contributed by atoms with van der Waals surface area (Å²) in [7, 11) is -2.15. The molecule has 0 saturated heterocycles. The highest BCUT2D eigenvalue weighted by Crippen LogP contribution is 2.24. The van der Waals surface area contributed by atoms with Gasteiger partial charge in [0.15, 0.2) is 9.84 Å². The number of carbonyl (C=O) groups excluding carboxylic acids is 1. The van der Waals surface area contributed by atoms with Gasteiger partial charge in [0.1, 0.15) is 16.4 Å². The first-order valence-electron chi connectivity index (χ1n) is 8.97. The van der Waals surface area contributed by atoms with Gasteiger partial charge < -0.3 is 10.6 Å². The molecule has 3 aromatic rings. The molecule has 0 aliphatic rings. The molecule has 30 heavy (non-hydrogen) atoms. The van der Waals surface area contributed by atoms with Gasteiger partial charge in [0.05, 0.1) is 23.6 Å². The fraction of sp³-hybridized carbons (Fsp3) is 0.200. The minimum absolute atomic E-state index is 0.0286. The number of halogens is 1. The molecule has 0 aliphatic carbocycles. The second-order valence-electron chi connectivity index (χ2n) is 6.73. The molecule has 1 heterocycles. The van der Waals surface area contributed by atoms with Crippen molar-refractivity contribution >= 4 is 27.1 Å². The number of benzene rings is 2. The highest BCUT2D eigenvalue weighted by atomic mass is 32.2. The molecule has 0 unspecified atom stereocenters. The predicted molar refractivity (Wildman–Crippen MR) is 112 cm³/mol. The van der Waals surface area contributed by atoms with Crippen LogP contribution >= 0.6 is 0 Å². The summed E-state index contributed by atoms with van der Waals surface area (Å²) in [5, 5.41) is 5.18. The van der Waals surface area contributed by atoms with Crippen LogP contribution in [-0.4, -0.2) is 36.5 Å². The van der Waals surface area contributed by atoms with E-state index in [1.54, 1.807) is 42.9 Å². The van der Waals surface area contributed by atoms with Gasteiger partial charge in [-0.2, -0.15) is 0 Å². The number of rotatable bonds is 6. The molecule has 0 aliphatic heterocycles. The summed E-state index contributed by atoms with van der Waals surface area (Å²) in [4.78, 5) is 24.7. The van der Waals surface area contributed by atoms with Gasteiger partial charge in [0.25, 0.3) is 5.56 Å². The maximum Gasteiger partial charge on any atom is 0.295 e. The maximum absolute atomic E-state index is 14.0. The molecule has 2 aromatic carbocycles. The van der Waals surface area contributed by atoms with Crippen molar-refractivity contribution in [1.29, 1.82) is 0 Å². The minimum Gasteiger partial charge on any atom is -0.375 e. The summed E-state index contributed by atoms with van der Waals surface area (Å²) in [5.74, 6) is -1.49. The van der Waals surface area contributed by atoms with Crippen molar-refractivity contribution in [1.82, 2.24) is 9.36 Å². The number of aromatic nitrogens is 2. The van der Waals surface area contributed by atoms with E-state index in [2.05, 4.69) is 10.6 Å². The zero-order chi connectivity index (χ0) is 22.1. The van der Waals surface area contributed by atoms with Crippen molar-refractivity contribution in [3.8, 4) is 5.69 Å². The van der Waals surface area contributed by atoms with E-state index in [9.17, 15) is 22.4 Å². The SMILES string of the molecule is Cc1c(NC(=O)CNc2cccc(F)c2S(C)(=O)=O)c(=O)n(-c2ccccc2)n1C. The molecule has 10 heteroatoms. The second-order valence-corrected chi connectivity index (χ2v) is 8.68. The Hall–Kier alpha value is -3.40. The highest BCUT2D eigenvalue weighted by Gasteiger charge is 2.21. The van der Waals surface area contributed by atoms with E-state index in [0.717, 1.165) is 12.3 Å². The summed E-state index contributed by atoms with van der Waals surface area (Å²) in [5.41, 5.74) is 0.857. The first-order chi connectivity index (χ1) is 14.1. The molecular weight excluding hydrogens is 411 g/mol. The number of sulfone groups is 1. The normalized spacial score (nSPS) is 11.3. The highest BCUT2D eigenvalue weighted by molar-refractivity contribution is 7.90. The van der Waals surface area contributed by atoms with Gasteiger partial charge in [-0.25, -0.2) is 17.5 Å². The molecule has 1 amide bonds. The summed E-state index contributed by atoms with van der Waals surface area (Å²) >= 11 is 0. The van der Waals surface area contributed by atoms with Crippen molar-refractivity contribution in [3.63, 3.8) is 0 Å². The van der Waals surface area contributed by atoms with Crippen LogP contribution in [0.15, 0.2) is 58.2 Å². The number of nitrogens with one attached hydrogen (secondary N) is 2. The van der Waals surface area contributed by atoms with Crippen LogP contribution in [-0.2, 0) is 21.7 Å². The number of nitrogens with zero attached hydrogens (tertiary/aromatic N) is 2. The quantitative estimate of drug-likeness (QED) is 0.621. The summed E-state index contributed by atoms with van der Waals surface area (Å²) in [6, 6.07) is 12.7. The van der Waals surface area contributed by atoms with Crippen molar-refractivity contribution in [2.75, 3.05) is 23.4 Å². The number of hydrogen-bond acceptors (Lipinski definition) is 5. The van der Waals surface area contributed by atoms with Gasteiger partial charge in [-0.15, -0.1) is 0 Å². The van der Waals surface area contributed by atoms with Gasteiger partial charge >= 0.3 is 0 Å². The number of anilines is 2. The lowest BCUT2D eigenvalue weighted by molar-refractivity contribution is -0.114. The van der Waals surface area contributed by atoms with Crippen LogP contribution < -0.4 is 16.2 Å². The number of para-hydroxylation sites is 1. The molecular formula is C20H21FN4O4S. The first-order valence-corrected chi connectivity index (χ1v) is 10.9. The van der Waals surface area contributed by atoms with E-state index in [1.807, 2.05) is 6.07 Å². The molecule has 8 nitrogen and oxygen atoms in total. The molecule has 0 fully saturated rings. The molecule has 0 radical (unpaired) electrons. The van der Waals surface area contributed by atoms with E-state index in [1.165, 1.54) is 16.8 Å². The molecule has 0 bridgehead atoms. The lowest BCUT2D eigenvalue weighted by atomic mass is 10.3. The van der Waals surface area contributed by atoms with Crippen LogP contribution in [0, 0.1) is 12.7 Å². The van der Waals surface area contributed by atoms with Crippen molar-refractivity contribution in [2.24, 2.45) is 7.05 Å². The maximum atomic E-state index is 14.0. The van der Waals surface area contributed by atoms with Crippen LogP contribution in [0.25, 0.3) is 5.69 Å². The Balaban J connectivity index is 1.83. The topological polar surface area (TPSA) is 102 Å². The van der Waals surface area contributed by atoms with E-state index in [-0.39, 0.29) is 17.9 Å². The average molecular weight is 432 g/mol. The lowest BCUT2D eigenvalue weighted by Crippen LogP contribution is -2.27. The van der Waals surface area contributed by atoms with E-state index >= 15 is 0 Å². The Morgan fingerprint density at radius 2 is 1.77 bits per heavy atom. The first kappa shape index (κ1) is 21.3. The van der Waals surface area contributed by atoms with Crippen molar-refractivity contribution < 1.29 is 17.6 Å². The Bertz CT molecular complexity index is 1260. The molecule has 0 spiro atoms. The van der Waals surface area contributed by atoms with E-state index in [4.69, 9.17) is 0 Å². The zero-order valence-corrected chi connectivity index (χ0v) is 17.5. The zero-order valence-electron chi connectivity index (χ0n) is 16.6. The molecule has 3 rings (SSSR count). The Morgan fingerprint density at radius 1 is 1.10 bits per heavy atom. The fourth-order valence-electron chi connectivity index (χ4n) is 3.10. The lowest BCUT2D eigenvalue weighted by Gasteiger charge is -2.11. The standard InChI is InChI=1S/C20H21FN4O4S/c1-13-18(20(27)25(24(13)2)14-8-5-4-6-9-14)23-17(26)12-22-16-11-7-10-15(21)19(16)30(3,28)29/h4-11,22H,12H2,1-3H3,(H,23,26). The average Bonchev–Trinajstić information content (AvgIpc) is 2.89. The molecule has 0 saturated carbocycles. The molecule has 1 aromatic heterocycles. The van der Waals surface area contributed by atoms with Crippen molar-refractivity contribution in [2.45, 2.75) is 11.8 Å². The van der Waals surface area contributed by atoms with E-state index in [0.29, 0.717) is 11.4 Å². The Kier molecular flexibility index (Phi) is 5.79. The number of carbonyl (C=O) groups is 1. The van der Waals surface area contributed by atoms with Crippen LogP contribution in [0.5, 0.6) is 0 Å². The Labute approximate surface area is 172 Å². The Morgan fingerprint density at radius 3 is 2.40 bits per heavy atom. The number of hydrogen-bond donors (Lipinski definition) is 2. The van der Waals surface area contributed by atoms with Gasteiger partial charge in [-0.1, -0.05) is 24.3 Å². The van der Waals surface area contributed by atoms with Gasteiger partial charge in [0, 0.05) is 13.3 Å². The predicted octanol–water partition coefficient (Wildman–Crippen LogP) is 2.08. The van der Waals surface area contributed by atoms with Crippen LogP contribution in [0.2, 0.25) is 0 Å². The molecule has 158 valence electrons. The van der Waals surface area contributed by atoms with Crippen LogP contribution in [0.4, 0.5) is 15.8 Å². The van der Waals surface area contributed by atoms with Gasteiger partial charge in [0.2, 0.25) is 5.91 Å². The summed E-state index contributed by atoms with van der Waals surface area (Å²) < 4.78 is 40.7. The number of amides is 1. The summed E-state index contributed by atoms with van der Waals surface area (Å²) in [6.07, 6.45) is 0.885. The van der Waals surface area contributed by atoms with Crippen LogP contribution in [0.1, 0.15) is 5.69 Å². The third-order valence-electron chi connectivity index (χ3n) is 4.60. The van der Waals surface area contributed by atoms with E-state index < -0.39 is 32.0 Å². The second kappa shape index (κ2) is 8.15. The van der Waals surface area contributed by atoms with Crippen LogP contribution in [0.3, 0.4) is 0 Å². The summed E-state index contributed by atoms with van der Waals surface area (Å²) in [6.45, 7) is 1.34. The third-order valence-corrected chi connectivity index (χ3v) is 5.75.